The Balaban J connectivity index is 1.10. The van der Waals surface area contributed by atoms with Crippen molar-refractivity contribution >= 4 is 0 Å². The molecule has 1 aliphatic rings. The summed E-state index contributed by atoms with van der Waals surface area (Å²) < 4.78 is 0. The second-order valence-corrected chi connectivity index (χ2v) is 15.5. The molecule has 0 bridgehead atoms. The van der Waals surface area contributed by atoms with E-state index < -0.39 is 0 Å². The smallest absolute Gasteiger partial charge is 0.0346 e. The van der Waals surface area contributed by atoms with E-state index in [-0.39, 0.29) is 5.41 Å². The second kappa shape index (κ2) is 14.2. The third kappa shape index (κ3) is 6.46. The van der Waals surface area contributed by atoms with Crippen LogP contribution in [0.25, 0.3) is 89.0 Å². The van der Waals surface area contributed by atoms with E-state index in [1.165, 1.54) is 77.9 Å². The lowest BCUT2D eigenvalue weighted by Crippen LogP contribution is -2.14. The van der Waals surface area contributed by atoms with Gasteiger partial charge in [-0.05, 0) is 150 Å². The molecule has 2 heterocycles. The van der Waals surface area contributed by atoms with Crippen molar-refractivity contribution in [2.24, 2.45) is 0 Å². The fraction of sp³-hybridized carbons (Fsp3) is 0.0545. The van der Waals surface area contributed by atoms with Gasteiger partial charge in [-0.2, -0.15) is 0 Å². The zero-order chi connectivity index (χ0) is 38.3. The molecule has 0 aliphatic heterocycles. The van der Waals surface area contributed by atoms with Gasteiger partial charge in [0, 0.05) is 41.3 Å². The molecule has 7 aromatic carbocycles. The van der Waals surface area contributed by atoms with Crippen molar-refractivity contribution in [3.63, 3.8) is 0 Å². The summed E-state index contributed by atoms with van der Waals surface area (Å²) in [5.41, 5.74) is 21.7. The van der Waals surface area contributed by atoms with E-state index in [0.29, 0.717) is 0 Å². The van der Waals surface area contributed by atoms with Crippen LogP contribution in [0.5, 0.6) is 0 Å². The van der Waals surface area contributed by atoms with Gasteiger partial charge in [0.1, 0.15) is 0 Å². The number of fused-ring (bicyclic) bond motifs is 3. The van der Waals surface area contributed by atoms with Crippen LogP contribution in [-0.4, -0.2) is 9.97 Å². The van der Waals surface area contributed by atoms with E-state index in [9.17, 15) is 0 Å². The van der Waals surface area contributed by atoms with Gasteiger partial charge in [-0.15, -0.1) is 0 Å². The minimum atomic E-state index is -0.0836. The van der Waals surface area contributed by atoms with Gasteiger partial charge in [0.05, 0.1) is 0 Å². The van der Waals surface area contributed by atoms with Crippen molar-refractivity contribution in [2.45, 2.75) is 19.3 Å². The normalized spacial score (nSPS) is 12.5. The first-order chi connectivity index (χ1) is 28.0. The molecule has 2 aromatic heterocycles. The minimum Gasteiger partial charge on any atom is -0.264 e. The van der Waals surface area contributed by atoms with Gasteiger partial charge in [-0.25, -0.2) is 0 Å². The molecule has 0 saturated heterocycles. The molecule has 0 amide bonds. The van der Waals surface area contributed by atoms with E-state index in [1.54, 1.807) is 0 Å². The van der Waals surface area contributed by atoms with E-state index in [1.807, 2.05) is 36.9 Å². The molecule has 0 fully saturated rings. The van der Waals surface area contributed by atoms with Crippen molar-refractivity contribution in [3.05, 3.63) is 218 Å². The molecule has 0 N–H and O–H groups in total. The maximum absolute atomic E-state index is 4.36. The third-order valence-corrected chi connectivity index (χ3v) is 11.6. The molecule has 2 heteroatoms. The summed E-state index contributed by atoms with van der Waals surface area (Å²) in [6.07, 6.45) is 7.49. The van der Waals surface area contributed by atoms with Crippen LogP contribution in [0.1, 0.15) is 25.0 Å². The minimum absolute atomic E-state index is 0.0836. The highest BCUT2D eigenvalue weighted by Crippen LogP contribution is 2.50. The summed E-state index contributed by atoms with van der Waals surface area (Å²) in [5.74, 6) is 0. The van der Waals surface area contributed by atoms with Gasteiger partial charge in [0.25, 0.3) is 0 Å². The Morgan fingerprint density at radius 1 is 0.281 bits per heavy atom. The number of benzene rings is 7. The molecule has 10 rings (SSSR count). The summed E-state index contributed by atoms with van der Waals surface area (Å²) in [7, 11) is 0. The monoisotopic (exact) mass is 728 g/mol. The van der Waals surface area contributed by atoms with E-state index in [4.69, 9.17) is 0 Å². The Hall–Kier alpha value is -7.16. The fourth-order valence-corrected chi connectivity index (χ4v) is 8.59. The molecule has 0 unspecified atom stereocenters. The zero-order valence-electron chi connectivity index (χ0n) is 32.0. The predicted octanol–water partition coefficient (Wildman–Crippen LogP) is 14.5. The highest BCUT2D eigenvalue weighted by molar-refractivity contribution is 5.88. The third-order valence-electron chi connectivity index (χ3n) is 11.6. The van der Waals surface area contributed by atoms with Crippen molar-refractivity contribution in [1.29, 1.82) is 0 Å². The number of rotatable bonds is 7. The van der Waals surface area contributed by atoms with Gasteiger partial charge >= 0.3 is 0 Å². The standard InChI is InChI=1S/C55H40N2/c1-55(2)53-22-4-3-21-51(53)52-24-23-45(34-54(52)55)50-32-48(43-17-7-13-39(29-43)37-11-5-15-41(27-37)46-19-9-25-56-35-46)31-49(33-50)44-18-8-14-40(30-44)38-12-6-16-42(28-38)47-20-10-26-57-36-47/h3-36H,1-2H3. The van der Waals surface area contributed by atoms with E-state index in [2.05, 4.69) is 194 Å². The largest absolute Gasteiger partial charge is 0.264 e. The number of aromatic nitrogens is 2. The summed E-state index contributed by atoms with van der Waals surface area (Å²) in [5, 5.41) is 0. The molecule has 2 nitrogen and oxygen atoms in total. The van der Waals surface area contributed by atoms with Crippen LogP contribution in [0.4, 0.5) is 0 Å². The molecule has 0 saturated carbocycles. The van der Waals surface area contributed by atoms with Gasteiger partial charge in [-0.3, -0.25) is 9.97 Å². The molecule has 0 spiro atoms. The van der Waals surface area contributed by atoms with Crippen LogP contribution in [0, 0.1) is 0 Å². The molecule has 270 valence electrons. The summed E-state index contributed by atoms with van der Waals surface area (Å²) in [6, 6.07) is 66.6. The Kier molecular flexibility index (Phi) is 8.53. The Morgan fingerprint density at radius 3 is 1.07 bits per heavy atom. The summed E-state index contributed by atoms with van der Waals surface area (Å²) in [4.78, 5) is 8.72. The molecule has 57 heavy (non-hydrogen) atoms. The Morgan fingerprint density at radius 2 is 0.632 bits per heavy atom. The van der Waals surface area contributed by atoms with Crippen LogP contribution < -0.4 is 0 Å². The number of hydrogen-bond donors (Lipinski definition) is 0. The van der Waals surface area contributed by atoms with Gasteiger partial charge in [0.2, 0.25) is 0 Å². The topological polar surface area (TPSA) is 25.8 Å². The van der Waals surface area contributed by atoms with Gasteiger partial charge in [-0.1, -0.05) is 135 Å². The molecule has 1 aliphatic carbocycles. The predicted molar refractivity (Wildman–Crippen MR) is 238 cm³/mol. The van der Waals surface area contributed by atoms with Crippen LogP contribution in [-0.2, 0) is 5.41 Å². The fourth-order valence-electron chi connectivity index (χ4n) is 8.59. The highest BCUT2D eigenvalue weighted by Gasteiger charge is 2.35. The number of nitrogens with zero attached hydrogens (tertiary/aromatic N) is 2. The molecule has 0 atom stereocenters. The maximum Gasteiger partial charge on any atom is 0.0346 e. The Labute approximate surface area is 334 Å². The van der Waals surface area contributed by atoms with E-state index in [0.717, 1.165) is 22.3 Å². The van der Waals surface area contributed by atoms with Crippen molar-refractivity contribution in [2.75, 3.05) is 0 Å². The maximum atomic E-state index is 4.36. The highest BCUT2D eigenvalue weighted by atomic mass is 14.6. The summed E-state index contributed by atoms with van der Waals surface area (Å²) >= 11 is 0. The average molecular weight is 729 g/mol. The first-order valence-electron chi connectivity index (χ1n) is 19.6. The first kappa shape index (κ1) is 34.3. The van der Waals surface area contributed by atoms with Crippen LogP contribution in [0.2, 0.25) is 0 Å². The van der Waals surface area contributed by atoms with Gasteiger partial charge < -0.3 is 0 Å². The van der Waals surface area contributed by atoms with Crippen molar-refractivity contribution in [1.82, 2.24) is 9.97 Å². The lowest BCUT2D eigenvalue weighted by Gasteiger charge is -2.22. The SMILES string of the molecule is CC1(C)c2ccccc2-c2ccc(-c3cc(-c4cccc(-c5cccc(-c6cccnc6)c5)c4)cc(-c4cccc(-c5cccc(-c6cccnc6)c5)c4)c3)cc21. The Bertz CT molecular complexity index is 2780. The summed E-state index contributed by atoms with van der Waals surface area (Å²) in [6.45, 7) is 4.71. The molecule has 9 aromatic rings. The van der Waals surface area contributed by atoms with Crippen molar-refractivity contribution in [3.8, 4) is 89.0 Å². The zero-order valence-corrected chi connectivity index (χ0v) is 32.0. The lowest BCUT2D eigenvalue weighted by atomic mass is 9.81. The number of pyridine rings is 2. The van der Waals surface area contributed by atoms with E-state index >= 15 is 0 Å². The van der Waals surface area contributed by atoms with Gasteiger partial charge in [0.15, 0.2) is 0 Å². The van der Waals surface area contributed by atoms with Crippen LogP contribution in [0.3, 0.4) is 0 Å². The number of hydrogen-bond acceptors (Lipinski definition) is 2. The molecular weight excluding hydrogens is 689 g/mol. The average Bonchev–Trinajstić information content (AvgIpc) is 3.52. The quantitative estimate of drug-likeness (QED) is 0.163. The molecular formula is C55H40N2. The van der Waals surface area contributed by atoms with Crippen molar-refractivity contribution < 1.29 is 0 Å². The lowest BCUT2D eigenvalue weighted by molar-refractivity contribution is 0.660. The second-order valence-electron chi connectivity index (χ2n) is 15.5. The molecule has 0 radical (unpaired) electrons. The first-order valence-corrected chi connectivity index (χ1v) is 19.6. The van der Waals surface area contributed by atoms with Crippen LogP contribution in [0.15, 0.2) is 207 Å². The van der Waals surface area contributed by atoms with Crippen LogP contribution >= 0.6 is 0 Å².